The van der Waals surface area contributed by atoms with Crippen LogP contribution < -0.4 is 5.32 Å². The van der Waals surface area contributed by atoms with Gasteiger partial charge in [0.1, 0.15) is 0 Å². The molecule has 2 aliphatic rings. The highest BCUT2D eigenvalue weighted by Gasteiger charge is 2.38. The fourth-order valence-electron chi connectivity index (χ4n) is 3.80. The van der Waals surface area contributed by atoms with Gasteiger partial charge < -0.3 is 5.32 Å². The zero-order valence-electron chi connectivity index (χ0n) is 12.8. The molecular weight excluding hydrogens is 302 g/mol. The first kappa shape index (κ1) is 14.5. The molecule has 24 heavy (non-hydrogen) atoms. The van der Waals surface area contributed by atoms with E-state index in [1.54, 1.807) is 12.1 Å². The second-order valence-corrected chi connectivity index (χ2v) is 6.24. The first-order valence-electron chi connectivity index (χ1n) is 7.89. The van der Waals surface area contributed by atoms with Gasteiger partial charge in [-0.15, -0.1) is 0 Å². The predicted octanol–water partition coefficient (Wildman–Crippen LogP) is 4.29. The number of fused-ring (bicyclic) bond motifs is 3. The van der Waals surface area contributed by atoms with Gasteiger partial charge in [0.15, 0.2) is 0 Å². The van der Waals surface area contributed by atoms with Gasteiger partial charge in [-0.3, -0.25) is 10.1 Å². The maximum absolute atomic E-state index is 10.8. The minimum absolute atomic E-state index is 0.103. The number of rotatable bonds is 2. The van der Waals surface area contributed by atoms with Crippen LogP contribution in [0.4, 0.5) is 11.4 Å². The summed E-state index contributed by atoms with van der Waals surface area (Å²) in [4.78, 5) is 10.5. The summed E-state index contributed by atoms with van der Waals surface area (Å²) >= 11 is 0. The molecule has 2 aromatic carbocycles. The number of anilines is 1. The molecule has 0 fully saturated rings. The van der Waals surface area contributed by atoms with E-state index in [2.05, 4.69) is 23.5 Å². The zero-order chi connectivity index (χ0) is 16.7. The molecule has 0 spiro atoms. The van der Waals surface area contributed by atoms with Gasteiger partial charge in [-0.05, 0) is 41.7 Å². The van der Waals surface area contributed by atoms with Crippen molar-refractivity contribution in [2.24, 2.45) is 5.92 Å². The molecule has 0 aromatic heterocycles. The van der Waals surface area contributed by atoms with Crippen LogP contribution in [0.2, 0.25) is 0 Å². The average molecular weight is 317 g/mol. The minimum Gasteiger partial charge on any atom is -0.378 e. The average Bonchev–Trinajstić information content (AvgIpc) is 3.10. The van der Waals surface area contributed by atoms with Crippen molar-refractivity contribution in [1.29, 1.82) is 5.26 Å². The number of benzene rings is 2. The summed E-state index contributed by atoms with van der Waals surface area (Å²) < 4.78 is 0. The molecule has 2 aromatic rings. The van der Waals surface area contributed by atoms with Crippen molar-refractivity contribution in [3.8, 4) is 6.07 Å². The Labute approximate surface area is 139 Å². The summed E-state index contributed by atoms with van der Waals surface area (Å²) in [5, 5.41) is 23.6. The molecule has 3 atom stereocenters. The van der Waals surface area contributed by atoms with Crippen LogP contribution in [0.25, 0.3) is 0 Å². The van der Waals surface area contributed by atoms with Crippen LogP contribution in [0.5, 0.6) is 0 Å². The number of nitriles is 1. The highest BCUT2D eigenvalue weighted by atomic mass is 16.6. The van der Waals surface area contributed by atoms with Crippen molar-refractivity contribution in [3.05, 3.63) is 81.4 Å². The van der Waals surface area contributed by atoms with Gasteiger partial charge in [0.05, 0.1) is 22.6 Å². The fraction of sp³-hybridized carbons (Fsp3) is 0.211. The van der Waals surface area contributed by atoms with E-state index < -0.39 is 0 Å². The van der Waals surface area contributed by atoms with Gasteiger partial charge in [-0.2, -0.15) is 5.26 Å². The summed E-state index contributed by atoms with van der Waals surface area (Å²) in [6.45, 7) is 0. The Hall–Kier alpha value is -3.13. The van der Waals surface area contributed by atoms with E-state index in [0.29, 0.717) is 11.5 Å². The van der Waals surface area contributed by atoms with E-state index in [0.717, 1.165) is 23.2 Å². The monoisotopic (exact) mass is 317 g/mol. The Kier molecular flexibility index (Phi) is 3.31. The summed E-state index contributed by atoms with van der Waals surface area (Å²) in [5.41, 5.74) is 4.02. The van der Waals surface area contributed by atoms with Gasteiger partial charge in [-0.1, -0.05) is 24.3 Å². The zero-order valence-corrected chi connectivity index (χ0v) is 12.8. The first-order chi connectivity index (χ1) is 11.7. The van der Waals surface area contributed by atoms with E-state index in [4.69, 9.17) is 5.26 Å². The Bertz CT molecular complexity index is 880. The molecule has 0 saturated heterocycles. The molecule has 5 nitrogen and oxygen atoms in total. The van der Waals surface area contributed by atoms with Crippen molar-refractivity contribution in [3.63, 3.8) is 0 Å². The lowest BCUT2D eigenvalue weighted by Gasteiger charge is -2.37. The number of hydrogen-bond acceptors (Lipinski definition) is 4. The van der Waals surface area contributed by atoms with Crippen LogP contribution in [-0.4, -0.2) is 4.92 Å². The normalized spacial score (nSPS) is 23.7. The molecule has 118 valence electrons. The highest BCUT2D eigenvalue weighted by molar-refractivity contribution is 5.62. The molecule has 4 rings (SSSR count). The second kappa shape index (κ2) is 5.50. The topological polar surface area (TPSA) is 79.0 Å². The van der Waals surface area contributed by atoms with E-state index in [9.17, 15) is 10.1 Å². The van der Waals surface area contributed by atoms with E-state index in [-0.39, 0.29) is 22.6 Å². The van der Waals surface area contributed by atoms with Crippen molar-refractivity contribution < 1.29 is 4.92 Å². The maximum atomic E-state index is 10.8. The minimum atomic E-state index is -0.378. The number of nitro groups is 1. The quantitative estimate of drug-likeness (QED) is 0.509. The third-order valence-electron chi connectivity index (χ3n) is 4.95. The predicted molar refractivity (Wildman–Crippen MR) is 90.6 cm³/mol. The number of hydrogen-bond donors (Lipinski definition) is 1. The van der Waals surface area contributed by atoms with Crippen molar-refractivity contribution in [2.45, 2.75) is 18.4 Å². The third kappa shape index (κ3) is 2.24. The summed E-state index contributed by atoms with van der Waals surface area (Å²) in [6.07, 6.45) is 5.35. The van der Waals surface area contributed by atoms with Gasteiger partial charge in [-0.25, -0.2) is 0 Å². The number of non-ortho nitro benzene ring substituents is 1. The van der Waals surface area contributed by atoms with E-state index >= 15 is 0 Å². The van der Waals surface area contributed by atoms with Crippen LogP contribution in [0.1, 0.15) is 35.1 Å². The molecule has 0 bridgehead atoms. The first-order valence-corrected chi connectivity index (χ1v) is 7.89. The summed E-state index contributed by atoms with van der Waals surface area (Å²) in [7, 11) is 0. The molecule has 1 heterocycles. The van der Waals surface area contributed by atoms with Crippen LogP contribution in [-0.2, 0) is 0 Å². The van der Waals surface area contributed by atoms with Gasteiger partial charge in [0, 0.05) is 23.7 Å². The Morgan fingerprint density at radius 1 is 1.21 bits per heavy atom. The number of nitrogens with zero attached hydrogens (tertiary/aromatic N) is 2. The summed E-state index contributed by atoms with van der Waals surface area (Å²) in [6, 6.07) is 14.8. The molecule has 1 aliphatic heterocycles. The molecule has 0 amide bonds. The van der Waals surface area contributed by atoms with Crippen molar-refractivity contribution >= 4 is 11.4 Å². The molecule has 1 aliphatic carbocycles. The molecule has 5 heteroatoms. The smallest absolute Gasteiger partial charge is 0.269 e. The molecule has 0 radical (unpaired) electrons. The standard InChI is InChI=1S/C19H15N3O2/c20-11-12-4-9-18-17(10-12)15-2-1-3-16(15)19(21-18)13-5-7-14(8-6-13)22(23)24/h1-2,4-10,15-16,19,21H,3H2. The third-order valence-corrected chi connectivity index (χ3v) is 4.95. The molecule has 1 N–H and O–H groups in total. The van der Waals surface area contributed by atoms with Crippen molar-refractivity contribution in [2.75, 3.05) is 5.32 Å². The lowest BCUT2D eigenvalue weighted by atomic mass is 9.76. The van der Waals surface area contributed by atoms with Crippen LogP contribution in [0.15, 0.2) is 54.6 Å². The van der Waals surface area contributed by atoms with Gasteiger partial charge in [0.2, 0.25) is 0 Å². The van der Waals surface area contributed by atoms with Crippen LogP contribution in [0.3, 0.4) is 0 Å². The van der Waals surface area contributed by atoms with Crippen molar-refractivity contribution in [1.82, 2.24) is 0 Å². The van der Waals surface area contributed by atoms with Gasteiger partial charge in [0.25, 0.3) is 5.69 Å². The number of nitro benzene ring substituents is 1. The number of nitrogens with one attached hydrogen (secondary N) is 1. The SMILES string of the molecule is N#Cc1ccc2c(c1)C1C=CCC1C(c1ccc([N+](=O)[O-])cc1)N2. The molecule has 3 unspecified atom stereocenters. The maximum Gasteiger partial charge on any atom is 0.269 e. The lowest BCUT2D eigenvalue weighted by Crippen LogP contribution is -2.29. The lowest BCUT2D eigenvalue weighted by molar-refractivity contribution is -0.384. The molecule has 0 saturated carbocycles. The Morgan fingerprint density at radius 2 is 2.00 bits per heavy atom. The van der Waals surface area contributed by atoms with Crippen LogP contribution >= 0.6 is 0 Å². The largest absolute Gasteiger partial charge is 0.378 e. The van der Waals surface area contributed by atoms with Gasteiger partial charge >= 0.3 is 0 Å². The molecular formula is C19H15N3O2. The Balaban J connectivity index is 1.73. The number of allylic oxidation sites excluding steroid dienone is 2. The highest BCUT2D eigenvalue weighted by Crippen LogP contribution is 2.49. The van der Waals surface area contributed by atoms with E-state index in [1.807, 2.05) is 30.3 Å². The van der Waals surface area contributed by atoms with Crippen LogP contribution in [0, 0.1) is 27.4 Å². The summed E-state index contributed by atoms with van der Waals surface area (Å²) in [5.74, 6) is 0.627. The Morgan fingerprint density at radius 3 is 2.71 bits per heavy atom. The fourth-order valence-corrected chi connectivity index (χ4v) is 3.80. The van der Waals surface area contributed by atoms with E-state index in [1.165, 1.54) is 0 Å². The second-order valence-electron chi connectivity index (χ2n) is 6.24.